The van der Waals surface area contributed by atoms with Gasteiger partial charge in [-0.05, 0) is 37.1 Å². The summed E-state index contributed by atoms with van der Waals surface area (Å²) in [6.45, 7) is 4.02. The van der Waals surface area contributed by atoms with Crippen LogP contribution in [-0.2, 0) is 9.59 Å². The van der Waals surface area contributed by atoms with Crippen molar-refractivity contribution in [2.45, 2.75) is 13.8 Å². The highest BCUT2D eigenvalue weighted by Gasteiger charge is 2.05. The Bertz CT molecular complexity index is 690. The van der Waals surface area contributed by atoms with Gasteiger partial charge in [0.2, 0.25) is 12.8 Å². The molecule has 122 valence electrons. The Kier molecular flexibility index (Phi) is 6.08. The van der Waals surface area contributed by atoms with Gasteiger partial charge in [-0.25, -0.2) is 0 Å². The Balaban J connectivity index is 2.42. The minimum absolute atomic E-state index is 0.515. The number of amides is 2. The van der Waals surface area contributed by atoms with E-state index >= 15 is 0 Å². The summed E-state index contributed by atoms with van der Waals surface area (Å²) in [6, 6.07) is 15.8. The molecule has 0 aliphatic heterocycles. The monoisotopic (exact) mass is 320 g/mol. The number of hydrogen-bond acceptors (Lipinski definition) is 2. The van der Waals surface area contributed by atoms with E-state index < -0.39 is 0 Å². The molecular weight excluding hydrogens is 300 g/mol. The second kappa shape index (κ2) is 8.48. The van der Waals surface area contributed by atoms with Gasteiger partial charge in [0, 0.05) is 0 Å². The minimum Gasteiger partial charge on any atom is -0.327 e. The molecule has 0 spiro atoms. The number of nitrogens with one attached hydrogen (secondary N) is 2. The molecule has 2 rings (SSSR count). The lowest BCUT2D eigenvalue weighted by Gasteiger charge is -2.11. The van der Waals surface area contributed by atoms with Crippen LogP contribution in [0.15, 0.2) is 59.9 Å². The van der Waals surface area contributed by atoms with Crippen LogP contribution >= 0.6 is 0 Å². The van der Waals surface area contributed by atoms with Crippen LogP contribution in [0.4, 0.5) is 0 Å². The number of benzene rings is 2. The van der Waals surface area contributed by atoms with Gasteiger partial charge in [-0.1, -0.05) is 59.7 Å². The number of hydrogen-bond donors (Lipinski definition) is 2. The molecule has 0 saturated heterocycles. The molecule has 24 heavy (non-hydrogen) atoms. The fraction of sp³-hybridized carbons (Fsp3) is 0.100. The van der Waals surface area contributed by atoms with Crippen molar-refractivity contribution in [3.05, 3.63) is 82.2 Å². The molecule has 0 aromatic heterocycles. The molecule has 0 unspecified atom stereocenters. The van der Waals surface area contributed by atoms with Gasteiger partial charge in [-0.3, -0.25) is 9.59 Å². The van der Waals surface area contributed by atoms with Crippen LogP contribution in [0.2, 0.25) is 0 Å². The van der Waals surface area contributed by atoms with Crippen molar-refractivity contribution in [3.8, 4) is 0 Å². The summed E-state index contributed by atoms with van der Waals surface area (Å²) >= 11 is 0. The maximum Gasteiger partial charge on any atom is 0.211 e. The van der Waals surface area contributed by atoms with Gasteiger partial charge in [-0.15, -0.1) is 0 Å². The summed E-state index contributed by atoms with van der Waals surface area (Å²) in [5.41, 5.74) is 5.18. The standard InChI is InChI=1S/C20H20N2O2/c1-15-3-7-17(8-4-15)11-19(21-13-23)20(22-14-24)12-18-9-5-16(2)6-10-18/h3-14H,1-2H3,(H,21,23)(H,22,24). The van der Waals surface area contributed by atoms with Crippen LogP contribution in [0, 0.1) is 13.8 Å². The molecule has 2 amide bonds. The predicted molar refractivity (Wildman–Crippen MR) is 96.7 cm³/mol. The van der Waals surface area contributed by atoms with Crippen molar-refractivity contribution in [1.29, 1.82) is 0 Å². The smallest absolute Gasteiger partial charge is 0.211 e. The van der Waals surface area contributed by atoms with Gasteiger partial charge in [0.15, 0.2) is 0 Å². The normalized spacial score (nSPS) is 11.8. The fourth-order valence-corrected chi connectivity index (χ4v) is 2.18. The largest absolute Gasteiger partial charge is 0.327 e. The van der Waals surface area contributed by atoms with Crippen molar-refractivity contribution < 1.29 is 9.59 Å². The van der Waals surface area contributed by atoms with Crippen molar-refractivity contribution in [3.63, 3.8) is 0 Å². The fourth-order valence-electron chi connectivity index (χ4n) is 2.18. The molecule has 0 fully saturated rings. The van der Waals surface area contributed by atoms with E-state index in [4.69, 9.17) is 0 Å². The van der Waals surface area contributed by atoms with Crippen molar-refractivity contribution >= 4 is 25.0 Å². The average Bonchev–Trinajstić information content (AvgIpc) is 2.58. The van der Waals surface area contributed by atoms with Crippen LogP contribution in [0.3, 0.4) is 0 Å². The quantitative estimate of drug-likeness (QED) is 0.608. The minimum atomic E-state index is 0.515. The molecule has 2 aromatic carbocycles. The SMILES string of the molecule is Cc1ccc(C=C(NC=O)C(=Cc2ccc(C)cc2)NC=O)cc1. The summed E-state index contributed by atoms with van der Waals surface area (Å²) in [4.78, 5) is 21.9. The predicted octanol–water partition coefficient (Wildman–Crippen LogP) is 3.18. The first kappa shape index (κ1) is 17.2. The Morgan fingerprint density at radius 1 is 0.667 bits per heavy atom. The van der Waals surface area contributed by atoms with E-state index in [1.54, 1.807) is 0 Å². The Hall–Kier alpha value is -3.14. The number of rotatable bonds is 7. The number of aryl methyl sites for hydroxylation is 2. The van der Waals surface area contributed by atoms with E-state index in [-0.39, 0.29) is 0 Å². The summed E-state index contributed by atoms with van der Waals surface area (Å²) in [7, 11) is 0. The lowest BCUT2D eigenvalue weighted by Crippen LogP contribution is -2.21. The third kappa shape index (κ3) is 4.95. The zero-order chi connectivity index (χ0) is 17.4. The summed E-state index contributed by atoms with van der Waals surface area (Å²) in [6.07, 6.45) is 4.81. The molecule has 2 aromatic rings. The topological polar surface area (TPSA) is 58.2 Å². The lowest BCUT2D eigenvalue weighted by atomic mass is 10.1. The molecule has 0 aliphatic rings. The second-order valence-corrected chi connectivity index (χ2v) is 5.46. The van der Waals surface area contributed by atoms with Crippen molar-refractivity contribution in [1.82, 2.24) is 10.6 Å². The molecule has 0 bridgehead atoms. The zero-order valence-electron chi connectivity index (χ0n) is 13.7. The van der Waals surface area contributed by atoms with Gasteiger partial charge in [0.25, 0.3) is 0 Å². The summed E-state index contributed by atoms with van der Waals surface area (Å²) in [5.74, 6) is 0. The molecule has 0 heterocycles. The first-order valence-electron chi connectivity index (χ1n) is 7.60. The van der Waals surface area contributed by atoms with Gasteiger partial charge >= 0.3 is 0 Å². The zero-order valence-corrected chi connectivity index (χ0v) is 13.7. The summed E-state index contributed by atoms with van der Waals surface area (Å²) < 4.78 is 0. The van der Waals surface area contributed by atoms with Crippen LogP contribution in [0.1, 0.15) is 22.3 Å². The number of carbonyl (C=O) groups excluding carboxylic acids is 2. The van der Waals surface area contributed by atoms with E-state index in [0.717, 1.165) is 22.3 Å². The summed E-state index contributed by atoms with van der Waals surface area (Å²) in [5, 5.41) is 5.31. The highest BCUT2D eigenvalue weighted by Crippen LogP contribution is 2.15. The lowest BCUT2D eigenvalue weighted by molar-refractivity contribution is -0.110. The molecular formula is C20H20N2O2. The third-order valence-electron chi connectivity index (χ3n) is 3.50. The van der Waals surface area contributed by atoms with E-state index in [0.29, 0.717) is 24.2 Å². The van der Waals surface area contributed by atoms with Crippen LogP contribution in [0.5, 0.6) is 0 Å². The maximum atomic E-state index is 11.0. The second-order valence-electron chi connectivity index (χ2n) is 5.46. The highest BCUT2D eigenvalue weighted by molar-refractivity contribution is 5.72. The van der Waals surface area contributed by atoms with Gasteiger partial charge < -0.3 is 10.6 Å². The Morgan fingerprint density at radius 2 is 1.00 bits per heavy atom. The van der Waals surface area contributed by atoms with Crippen molar-refractivity contribution in [2.24, 2.45) is 0 Å². The highest BCUT2D eigenvalue weighted by atomic mass is 16.1. The van der Waals surface area contributed by atoms with E-state index in [9.17, 15) is 9.59 Å². The Labute approximate surface area is 141 Å². The first-order valence-corrected chi connectivity index (χ1v) is 7.60. The molecule has 0 atom stereocenters. The first-order chi connectivity index (χ1) is 11.6. The van der Waals surface area contributed by atoms with Gasteiger partial charge in [0.05, 0.1) is 11.4 Å². The molecule has 0 radical (unpaired) electrons. The van der Waals surface area contributed by atoms with E-state index in [1.165, 1.54) is 0 Å². The van der Waals surface area contributed by atoms with E-state index in [1.807, 2.05) is 74.5 Å². The molecule has 4 heteroatoms. The molecule has 0 saturated carbocycles. The Morgan fingerprint density at radius 3 is 1.29 bits per heavy atom. The van der Waals surface area contributed by atoms with Gasteiger partial charge in [0.1, 0.15) is 0 Å². The average molecular weight is 320 g/mol. The molecule has 4 nitrogen and oxygen atoms in total. The van der Waals surface area contributed by atoms with E-state index in [2.05, 4.69) is 10.6 Å². The van der Waals surface area contributed by atoms with Crippen LogP contribution in [-0.4, -0.2) is 12.8 Å². The van der Waals surface area contributed by atoms with Crippen LogP contribution < -0.4 is 10.6 Å². The third-order valence-corrected chi connectivity index (χ3v) is 3.50. The van der Waals surface area contributed by atoms with Gasteiger partial charge in [-0.2, -0.15) is 0 Å². The van der Waals surface area contributed by atoms with Crippen molar-refractivity contribution in [2.75, 3.05) is 0 Å². The maximum absolute atomic E-state index is 11.0. The number of carbonyl (C=O) groups is 2. The molecule has 0 aliphatic carbocycles. The van der Waals surface area contributed by atoms with Crippen LogP contribution in [0.25, 0.3) is 12.2 Å². The molecule has 2 N–H and O–H groups in total.